The topological polar surface area (TPSA) is 61.4 Å². The van der Waals surface area contributed by atoms with E-state index in [1.54, 1.807) is 4.31 Å². The molecule has 0 radical (unpaired) electrons. The van der Waals surface area contributed by atoms with Gasteiger partial charge in [0.1, 0.15) is 0 Å². The Bertz CT molecular complexity index is 396. The minimum Gasteiger partial charge on any atom is -0.314 e. The molecule has 0 bridgehead atoms. The fraction of sp³-hybridized carbons (Fsp3) is 1.00. The minimum atomic E-state index is -3.22. The van der Waals surface area contributed by atoms with Gasteiger partial charge in [-0.3, -0.25) is 0 Å². The third-order valence-electron chi connectivity index (χ3n) is 4.61. The fourth-order valence-electron chi connectivity index (χ4n) is 2.79. The van der Waals surface area contributed by atoms with Crippen LogP contribution in [0.2, 0.25) is 0 Å². The smallest absolute Gasteiger partial charge is 0.279 e. The molecule has 2 aliphatic carbocycles. The van der Waals surface area contributed by atoms with Crippen LogP contribution in [-0.4, -0.2) is 44.4 Å². The molecule has 3 aliphatic rings. The van der Waals surface area contributed by atoms with E-state index in [1.807, 2.05) is 0 Å². The Morgan fingerprint density at radius 1 is 0.947 bits per heavy atom. The van der Waals surface area contributed by atoms with Crippen LogP contribution in [-0.2, 0) is 10.2 Å². The molecule has 1 heterocycles. The summed E-state index contributed by atoms with van der Waals surface area (Å²) in [5, 5.41) is 3.55. The molecular weight excluding hydrogens is 262 g/mol. The summed E-state index contributed by atoms with van der Waals surface area (Å²) in [6.07, 6.45) is 7.78. The molecule has 0 amide bonds. The lowest BCUT2D eigenvalue weighted by atomic mass is 9.94. The van der Waals surface area contributed by atoms with Gasteiger partial charge in [-0.25, -0.2) is 0 Å². The summed E-state index contributed by atoms with van der Waals surface area (Å²) >= 11 is 0. The Morgan fingerprint density at radius 2 is 1.63 bits per heavy atom. The van der Waals surface area contributed by atoms with Crippen molar-refractivity contribution in [3.63, 3.8) is 0 Å². The lowest BCUT2D eigenvalue weighted by Crippen LogP contribution is -2.50. The molecule has 2 N–H and O–H groups in total. The van der Waals surface area contributed by atoms with Crippen LogP contribution in [0.1, 0.15) is 44.9 Å². The third-order valence-corrected chi connectivity index (χ3v) is 6.28. The van der Waals surface area contributed by atoms with Gasteiger partial charge in [-0.05, 0) is 51.0 Å². The van der Waals surface area contributed by atoms with E-state index >= 15 is 0 Å². The zero-order valence-corrected chi connectivity index (χ0v) is 12.3. The highest BCUT2D eigenvalue weighted by atomic mass is 32.2. The predicted molar refractivity (Wildman–Crippen MR) is 75.0 cm³/mol. The van der Waals surface area contributed by atoms with Gasteiger partial charge in [0.2, 0.25) is 0 Å². The molecule has 0 aromatic rings. The van der Waals surface area contributed by atoms with E-state index in [1.165, 1.54) is 12.8 Å². The summed E-state index contributed by atoms with van der Waals surface area (Å²) < 4.78 is 28.8. The summed E-state index contributed by atoms with van der Waals surface area (Å²) in [5.74, 6) is 0.649. The highest BCUT2D eigenvalue weighted by molar-refractivity contribution is 7.87. The van der Waals surface area contributed by atoms with Gasteiger partial charge in [0.25, 0.3) is 10.2 Å². The van der Waals surface area contributed by atoms with Crippen molar-refractivity contribution in [1.82, 2.24) is 14.3 Å². The summed E-state index contributed by atoms with van der Waals surface area (Å²) in [7, 11) is -3.22. The van der Waals surface area contributed by atoms with Crippen LogP contribution in [0.25, 0.3) is 0 Å². The third kappa shape index (κ3) is 3.68. The van der Waals surface area contributed by atoms with Crippen molar-refractivity contribution in [1.29, 1.82) is 0 Å². The van der Waals surface area contributed by atoms with E-state index in [0.29, 0.717) is 19.0 Å². The molecule has 6 heteroatoms. The molecule has 3 fully saturated rings. The van der Waals surface area contributed by atoms with Gasteiger partial charge in [-0.2, -0.15) is 17.4 Å². The maximum absolute atomic E-state index is 12.2. The first kappa shape index (κ1) is 13.8. The monoisotopic (exact) mass is 287 g/mol. The molecule has 0 aromatic carbocycles. The average Bonchev–Trinajstić information content (AvgIpc) is 3.16. The Balaban J connectivity index is 1.42. The summed E-state index contributed by atoms with van der Waals surface area (Å²) in [5.41, 5.74) is 0. The molecule has 5 nitrogen and oxygen atoms in total. The molecule has 0 unspecified atom stereocenters. The van der Waals surface area contributed by atoms with Crippen LogP contribution in [0, 0.1) is 5.92 Å². The van der Waals surface area contributed by atoms with E-state index in [4.69, 9.17) is 0 Å². The summed E-state index contributed by atoms with van der Waals surface area (Å²) in [6.45, 7) is 2.42. The van der Waals surface area contributed by atoms with Crippen LogP contribution in [0.15, 0.2) is 0 Å². The van der Waals surface area contributed by atoms with Crippen LogP contribution < -0.4 is 10.0 Å². The van der Waals surface area contributed by atoms with Crippen molar-refractivity contribution < 1.29 is 8.42 Å². The van der Waals surface area contributed by atoms with Crippen molar-refractivity contribution >= 4 is 10.2 Å². The molecular formula is C13H25N3O2S. The molecule has 110 valence electrons. The summed E-state index contributed by atoms with van der Waals surface area (Å²) in [4.78, 5) is 0. The van der Waals surface area contributed by atoms with Crippen LogP contribution in [0.5, 0.6) is 0 Å². The molecule has 2 saturated carbocycles. The van der Waals surface area contributed by atoms with Crippen LogP contribution >= 0.6 is 0 Å². The lowest BCUT2D eigenvalue weighted by molar-refractivity contribution is 0.259. The maximum Gasteiger partial charge on any atom is 0.279 e. The van der Waals surface area contributed by atoms with E-state index < -0.39 is 10.2 Å². The Hall–Kier alpha value is -0.170. The Morgan fingerprint density at radius 3 is 2.16 bits per heavy atom. The highest BCUT2D eigenvalue weighted by Gasteiger charge is 2.32. The first-order valence-corrected chi connectivity index (χ1v) is 9.08. The molecule has 0 aromatic heterocycles. The standard InChI is InChI=1S/C13H25N3O2S/c17-19(18,15-13-2-1-3-13)16-8-6-11(7-9-16)10-14-12-4-5-12/h11-15H,1-10H2. The molecule has 3 rings (SSSR count). The molecule has 1 saturated heterocycles. The average molecular weight is 287 g/mol. The van der Waals surface area contributed by atoms with Crippen LogP contribution in [0.4, 0.5) is 0 Å². The van der Waals surface area contributed by atoms with Gasteiger partial charge in [0, 0.05) is 25.2 Å². The number of piperidine rings is 1. The Labute approximate surface area is 116 Å². The van der Waals surface area contributed by atoms with E-state index in [0.717, 1.165) is 44.7 Å². The Kier molecular flexibility index (Phi) is 4.12. The first-order valence-electron chi connectivity index (χ1n) is 7.64. The van der Waals surface area contributed by atoms with Gasteiger partial charge in [-0.15, -0.1) is 0 Å². The van der Waals surface area contributed by atoms with Gasteiger partial charge < -0.3 is 5.32 Å². The van der Waals surface area contributed by atoms with Crippen molar-refractivity contribution in [3.8, 4) is 0 Å². The maximum atomic E-state index is 12.2. The normalized spacial score (nSPS) is 27.4. The number of nitrogens with one attached hydrogen (secondary N) is 2. The second-order valence-corrected chi connectivity index (χ2v) is 7.98. The zero-order chi connectivity index (χ0) is 13.3. The van der Waals surface area contributed by atoms with E-state index in [-0.39, 0.29) is 6.04 Å². The van der Waals surface area contributed by atoms with Crippen molar-refractivity contribution in [2.24, 2.45) is 5.92 Å². The molecule has 19 heavy (non-hydrogen) atoms. The number of nitrogens with zero attached hydrogens (tertiary/aromatic N) is 1. The van der Waals surface area contributed by atoms with Crippen LogP contribution in [0.3, 0.4) is 0 Å². The van der Waals surface area contributed by atoms with E-state index in [2.05, 4.69) is 10.0 Å². The molecule has 0 atom stereocenters. The molecule has 0 spiro atoms. The number of hydrogen-bond acceptors (Lipinski definition) is 3. The molecule has 1 aliphatic heterocycles. The van der Waals surface area contributed by atoms with E-state index in [9.17, 15) is 8.42 Å². The van der Waals surface area contributed by atoms with Gasteiger partial charge in [0.15, 0.2) is 0 Å². The SMILES string of the molecule is O=S(=O)(NC1CCC1)N1CCC(CNC2CC2)CC1. The van der Waals surface area contributed by atoms with Gasteiger partial charge in [0.05, 0.1) is 0 Å². The predicted octanol–water partition coefficient (Wildman–Crippen LogP) is 0.837. The highest BCUT2D eigenvalue weighted by Crippen LogP contribution is 2.24. The largest absolute Gasteiger partial charge is 0.314 e. The second-order valence-electron chi connectivity index (χ2n) is 6.28. The van der Waals surface area contributed by atoms with Crippen molar-refractivity contribution in [3.05, 3.63) is 0 Å². The second kappa shape index (κ2) is 5.68. The van der Waals surface area contributed by atoms with Gasteiger partial charge >= 0.3 is 0 Å². The summed E-state index contributed by atoms with van der Waals surface area (Å²) in [6, 6.07) is 0.946. The zero-order valence-electron chi connectivity index (χ0n) is 11.5. The lowest BCUT2D eigenvalue weighted by Gasteiger charge is -2.34. The quantitative estimate of drug-likeness (QED) is 0.761. The first-order chi connectivity index (χ1) is 9.13. The van der Waals surface area contributed by atoms with Crippen molar-refractivity contribution in [2.75, 3.05) is 19.6 Å². The van der Waals surface area contributed by atoms with Gasteiger partial charge in [-0.1, -0.05) is 6.42 Å². The van der Waals surface area contributed by atoms with Crippen molar-refractivity contribution in [2.45, 2.75) is 57.0 Å². The fourth-order valence-corrected chi connectivity index (χ4v) is 4.28. The minimum absolute atomic E-state index is 0.194. The number of rotatable bonds is 6. The number of hydrogen-bond donors (Lipinski definition) is 2.